The van der Waals surface area contributed by atoms with Crippen molar-refractivity contribution in [2.75, 3.05) is 18.0 Å². The van der Waals surface area contributed by atoms with Gasteiger partial charge in [0.25, 0.3) is 0 Å². The lowest BCUT2D eigenvalue weighted by molar-refractivity contribution is -0.00521. The van der Waals surface area contributed by atoms with Crippen molar-refractivity contribution < 1.29 is 4.74 Å². The van der Waals surface area contributed by atoms with E-state index >= 15 is 0 Å². The van der Waals surface area contributed by atoms with Crippen molar-refractivity contribution in [3.8, 4) is 0 Å². The molecule has 0 aliphatic carbocycles. The van der Waals surface area contributed by atoms with Gasteiger partial charge in [-0.2, -0.15) is 0 Å². The molecule has 88 valence electrons. The molecule has 0 saturated carbocycles. The minimum absolute atomic E-state index is 0.324. The number of benzene rings is 1. The Balaban J connectivity index is 2.19. The third-order valence-electron chi connectivity index (χ3n) is 3.28. The van der Waals surface area contributed by atoms with E-state index in [4.69, 9.17) is 4.74 Å². The summed E-state index contributed by atoms with van der Waals surface area (Å²) in [6.07, 6.45) is 0.649. The van der Waals surface area contributed by atoms with Gasteiger partial charge in [-0.25, -0.2) is 0 Å². The highest BCUT2D eigenvalue weighted by Crippen LogP contribution is 2.22. The van der Waals surface area contributed by atoms with Crippen LogP contribution in [-0.4, -0.2) is 25.3 Å². The van der Waals surface area contributed by atoms with Crippen LogP contribution in [-0.2, 0) is 4.74 Å². The largest absolute Gasteiger partial charge is 0.372 e. The summed E-state index contributed by atoms with van der Waals surface area (Å²) in [5.74, 6) is 0. The molecule has 1 aromatic rings. The predicted molar refractivity (Wildman–Crippen MR) is 68.1 cm³/mol. The molecule has 1 aliphatic rings. The fraction of sp³-hybridized carbons (Fsp3) is 0.571. The molecule has 16 heavy (non-hydrogen) atoms. The molecule has 0 bridgehead atoms. The highest BCUT2D eigenvalue weighted by Gasteiger charge is 2.22. The van der Waals surface area contributed by atoms with E-state index in [1.807, 2.05) is 0 Å². The first-order chi connectivity index (χ1) is 7.56. The molecular formula is C14H21NO. The van der Waals surface area contributed by atoms with Gasteiger partial charge in [0, 0.05) is 18.8 Å². The molecule has 2 nitrogen and oxygen atoms in total. The monoisotopic (exact) mass is 219 g/mol. The Morgan fingerprint density at radius 1 is 1.06 bits per heavy atom. The van der Waals surface area contributed by atoms with Gasteiger partial charge in [0.1, 0.15) is 0 Å². The molecule has 1 fully saturated rings. The standard InChI is InChI=1S/C14H21NO/c1-10-5-6-14(7-11(10)2)15-8-12(3)16-13(4)9-15/h5-7,12-13H,8-9H2,1-4H3. The number of aryl methyl sites for hydroxylation is 2. The normalized spacial score (nSPS) is 25.9. The molecule has 0 spiro atoms. The van der Waals surface area contributed by atoms with Crippen LogP contribution in [0.2, 0.25) is 0 Å². The Labute approximate surface area is 98.2 Å². The van der Waals surface area contributed by atoms with Crippen LogP contribution in [0, 0.1) is 13.8 Å². The molecule has 1 saturated heterocycles. The zero-order chi connectivity index (χ0) is 11.7. The van der Waals surface area contributed by atoms with Gasteiger partial charge in [-0.3, -0.25) is 0 Å². The summed E-state index contributed by atoms with van der Waals surface area (Å²) in [6.45, 7) is 10.6. The molecule has 2 rings (SSSR count). The fourth-order valence-electron chi connectivity index (χ4n) is 2.31. The summed E-state index contributed by atoms with van der Waals surface area (Å²) in [4.78, 5) is 2.42. The number of hydrogen-bond acceptors (Lipinski definition) is 2. The van der Waals surface area contributed by atoms with Gasteiger partial charge in [0.15, 0.2) is 0 Å². The third-order valence-corrected chi connectivity index (χ3v) is 3.28. The first-order valence-electron chi connectivity index (χ1n) is 6.04. The molecule has 1 heterocycles. The molecule has 0 radical (unpaired) electrons. The van der Waals surface area contributed by atoms with Crippen molar-refractivity contribution in [3.05, 3.63) is 29.3 Å². The van der Waals surface area contributed by atoms with Gasteiger partial charge in [0.2, 0.25) is 0 Å². The summed E-state index contributed by atoms with van der Waals surface area (Å²) >= 11 is 0. The lowest BCUT2D eigenvalue weighted by Gasteiger charge is -2.37. The van der Waals surface area contributed by atoms with Gasteiger partial charge < -0.3 is 9.64 Å². The lowest BCUT2D eigenvalue weighted by Crippen LogP contribution is -2.45. The van der Waals surface area contributed by atoms with Crippen LogP contribution in [0.15, 0.2) is 18.2 Å². The van der Waals surface area contributed by atoms with E-state index in [0.717, 1.165) is 13.1 Å². The van der Waals surface area contributed by atoms with E-state index in [1.165, 1.54) is 16.8 Å². The van der Waals surface area contributed by atoms with Gasteiger partial charge >= 0.3 is 0 Å². The number of anilines is 1. The molecular weight excluding hydrogens is 198 g/mol. The molecule has 1 aromatic carbocycles. The van der Waals surface area contributed by atoms with Crippen LogP contribution in [0.4, 0.5) is 5.69 Å². The molecule has 0 N–H and O–H groups in total. The van der Waals surface area contributed by atoms with Crippen LogP contribution in [0.25, 0.3) is 0 Å². The number of ether oxygens (including phenoxy) is 1. The Kier molecular flexibility index (Phi) is 3.20. The molecule has 0 amide bonds. The average molecular weight is 219 g/mol. The minimum Gasteiger partial charge on any atom is -0.372 e. The molecule has 0 aromatic heterocycles. The van der Waals surface area contributed by atoms with Crippen LogP contribution in [0.3, 0.4) is 0 Å². The van der Waals surface area contributed by atoms with Gasteiger partial charge in [0.05, 0.1) is 12.2 Å². The van der Waals surface area contributed by atoms with Crippen LogP contribution in [0.1, 0.15) is 25.0 Å². The Morgan fingerprint density at radius 2 is 1.69 bits per heavy atom. The molecule has 2 heteroatoms. The van der Waals surface area contributed by atoms with E-state index in [9.17, 15) is 0 Å². The summed E-state index contributed by atoms with van der Waals surface area (Å²) < 4.78 is 5.75. The van der Waals surface area contributed by atoms with E-state index < -0.39 is 0 Å². The zero-order valence-corrected chi connectivity index (χ0v) is 10.7. The minimum atomic E-state index is 0.324. The van der Waals surface area contributed by atoms with E-state index in [-0.39, 0.29) is 0 Å². The maximum atomic E-state index is 5.75. The first-order valence-corrected chi connectivity index (χ1v) is 6.04. The third kappa shape index (κ3) is 2.38. The maximum absolute atomic E-state index is 5.75. The van der Waals surface area contributed by atoms with Crippen molar-refractivity contribution in [2.45, 2.75) is 39.9 Å². The topological polar surface area (TPSA) is 12.5 Å². The smallest absolute Gasteiger partial charge is 0.0726 e. The highest BCUT2D eigenvalue weighted by molar-refractivity contribution is 5.51. The Bertz CT molecular complexity index is 365. The average Bonchev–Trinajstić information content (AvgIpc) is 2.20. The van der Waals surface area contributed by atoms with E-state index in [2.05, 4.69) is 50.8 Å². The van der Waals surface area contributed by atoms with Crippen molar-refractivity contribution in [2.24, 2.45) is 0 Å². The van der Waals surface area contributed by atoms with E-state index in [0.29, 0.717) is 12.2 Å². The Morgan fingerprint density at radius 3 is 2.25 bits per heavy atom. The maximum Gasteiger partial charge on any atom is 0.0726 e. The summed E-state index contributed by atoms with van der Waals surface area (Å²) in [7, 11) is 0. The molecule has 2 unspecified atom stereocenters. The number of nitrogens with zero attached hydrogens (tertiary/aromatic N) is 1. The quantitative estimate of drug-likeness (QED) is 0.720. The van der Waals surface area contributed by atoms with Gasteiger partial charge in [-0.15, -0.1) is 0 Å². The lowest BCUT2D eigenvalue weighted by atomic mass is 10.1. The second-order valence-electron chi connectivity index (χ2n) is 4.93. The second-order valence-corrected chi connectivity index (χ2v) is 4.93. The van der Waals surface area contributed by atoms with Gasteiger partial charge in [-0.1, -0.05) is 6.07 Å². The van der Waals surface area contributed by atoms with Crippen molar-refractivity contribution in [1.29, 1.82) is 0 Å². The summed E-state index contributed by atoms with van der Waals surface area (Å²) in [6, 6.07) is 6.70. The Hall–Kier alpha value is -1.02. The molecule has 1 aliphatic heterocycles. The highest BCUT2D eigenvalue weighted by atomic mass is 16.5. The SMILES string of the molecule is Cc1ccc(N2CC(C)OC(C)C2)cc1C. The van der Waals surface area contributed by atoms with Crippen molar-refractivity contribution in [1.82, 2.24) is 0 Å². The number of rotatable bonds is 1. The van der Waals surface area contributed by atoms with Crippen molar-refractivity contribution in [3.63, 3.8) is 0 Å². The predicted octanol–water partition coefficient (Wildman–Crippen LogP) is 2.92. The van der Waals surface area contributed by atoms with Crippen LogP contribution >= 0.6 is 0 Å². The zero-order valence-electron chi connectivity index (χ0n) is 10.7. The molecule has 2 atom stereocenters. The van der Waals surface area contributed by atoms with Crippen molar-refractivity contribution >= 4 is 5.69 Å². The second kappa shape index (κ2) is 4.46. The first kappa shape index (κ1) is 11.5. The van der Waals surface area contributed by atoms with Gasteiger partial charge in [-0.05, 0) is 51.0 Å². The fourth-order valence-corrected chi connectivity index (χ4v) is 2.31. The number of hydrogen-bond donors (Lipinski definition) is 0. The summed E-state index contributed by atoms with van der Waals surface area (Å²) in [5.41, 5.74) is 4.05. The summed E-state index contributed by atoms with van der Waals surface area (Å²) in [5, 5.41) is 0. The number of morpholine rings is 1. The van der Waals surface area contributed by atoms with Crippen LogP contribution in [0.5, 0.6) is 0 Å². The van der Waals surface area contributed by atoms with E-state index in [1.54, 1.807) is 0 Å². The van der Waals surface area contributed by atoms with Crippen LogP contribution < -0.4 is 4.90 Å².